The van der Waals surface area contributed by atoms with E-state index in [-0.39, 0.29) is 22.4 Å². The molecule has 17 heavy (non-hydrogen) atoms. The third-order valence-electron chi connectivity index (χ3n) is 2.25. The second-order valence-electron chi connectivity index (χ2n) is 3.98. The maximum atomic E-state index is 13.1. The molecule has 0 heterocycles. The standard InChI is InChI=1S/C12H15BrFNO2/c1-7(2)11(13)12(16)15-8-4-5-9(14)10(6-8)17-3/h4-7,11H,1-3H3,(H,15,16). The first-order chi connectivity index (χ1) is 7.95. The number of anilines is 1. The van der Waals surface area contributed by atoms with Crippen LogP contribution in [0.4, 0.5) is 10.1 Å². The predicted octanol–water partition coefficient (Wildman–Crippen LogP) is 3.19. The van der Waals surface area contributed by atoms with Crippen LogP contribution in [0.15, 0.2) is 18.2 Å². The summed E-state index contributed by atoms with van der Waals surface area (Å²) in [5.41, 5.74) is 0.512. The number of benzene rings is 1. The van der Waals surface area contributed by atoms with Crippen LogP contribution in [0.3, 0.4) is 0 Å². The van der Waals surface area contributed by atoms with Crippen LogP contribution < -0.4 is 10.1 Å². The van der Waals surface area contributed by atoms with Gasteiger partial charge < -0.3 is 10.1 Å². The number of alkyl halides is 1. The number of hydrogen-bond acceptors (Lipinski definition) is 2. The number of carbonyl (C=O) groups excluding carboxylic acids is 1. The smallest absolute Gasteiger partial charge is 0.238 e. The fourth-order valence-electron chi connectivity index (χ4n) is 1.25. The summed E-state index contributed by atoms with van der Waals surface area (Å²) in [6.45, 7) is 3.87. The van der Waals surface area contributed by atoms with Crippen molar-refractivity contribution >= 4 is 27.5 Å². The molecule has 3 nitrogen and oxygen atoms in total. The highest BCUT2D eigenvalue weighted by atomic mass is 79.9. The van der Waals surface area contributed by atoms with E-state index >= 15 is 0 Å². The van der Waals surface area contributed by atoms with E-state index in [4.69, 9.17) is 4.74 Å². The first-order valence-corrected chi connectivity index (χ1v) is 6.15. The molecule has 0 saturated heterocycles. The van der Waals surface area contributed by atoms with Crippen molar-refractivity contribution in [3.63, 3.8) is 0 Å². The van der Waals surface area contributed by atoms with Crippen molar-refractivity contribution in [1.29, 1.82) is 0 Å². The van der Waals surface area contributed by atoms with Crippen LogP contribution in [-0.4, -0.2) is 17.8 Å². The lowest BCUT2D eigenvalue weighted by Gasteiger charge is -2.14. The molecule has 0 bridgehead atoms. The van der Waals surface area contributed by atoms with Crippen LogP contribution in [-0.2, 0) is 4.79 Å². The van der Waals surface area contributed by atoms with Crippen molar-refractivity contribution in [1.82, 2.24) is 0 Å². The highest BCUT2D eigenvalue weighted by molar-refractivity contribution is 9.10. The summed E-state index contributed by atoms with van der Waals surface area (Å²) in [7, 11) is 1.38. The van der Waals surface area contributed by atoms with Crippen LogP contribution in [0.2, 0.25) is 0 Å². The SMILES string of the molecule is COc1cc(NC(=O)C(Br)C(C)C)ccc1F. The predicted molar refractivity (Wildman–Crippen MR) is 69.1 cm³/mol. The van der Waals surface area contributed by atoms with Crippen LogP contribution in [0.1, 0.15) is 13.8 Å². The second-order valence-corrected chi connectivity index (χ2v) is 4.97. The van der Waals surface area contributed by atoms with E-state index in [1.54, 1.807) is 0 Å². The topological polar surface area (TPSA) is 38.3 Å². The van der Waals surface area contributed by atoms with Gasteiger partial charge in [0.05, 0.1) is 11.9 Å². The lowest BCUT2D eigenvalue weighted by Crippen LogP contribution is -2.26. The Morgan fingerprint density at radius 2 is 2.12 bits per heavy atom. The Hall–Kier alpha value is -1.10. The summed E-state index contributed by atoms with van der Waals surface area (Å²) in [6.07, 6.45) is 0. The van der Waals surface area contributed by atoms with Gasteiger partial charge in [-0.25, -0.2) is 4.39 Å². The zero-order valence-electron chi connectivity index (χ0n) is 9.96. The lowest BCUT2D eigenvalue weighted by atomic mass is 10.1. The molecular formula is C12H15BrFNO2. The Morgan fingerprint density at radius 1 is 1.47 bits per heavy atom. The number of methoxy groups -OCH3 is 1. The van der Waals surface area contributed by atoms with Gasteiger partial charge in [-0.05, 0) is 18.1 Å². The van der Waals surface area contributed by atoms with Crippen molar-refractivity contribution in [2.24, 2.45) is 5.92 Å². The second kappa shape index (κ2) is 6.00. The number of halogens is 2. The zero-order valence-corrected chi connectivity index (χ0v) is 11.5. The van der Waals surface area contributed by atoms with Crippen molar-refractivity contribution < 1.29 is 13.9 Å². The quantitative estimate of drug-likeness (QED) is 0.868. The van der Waals surface area contributed by atoms with Crippen molar-refractivity contribution in [2.45, 2.75) is 18.7 Å². The molecule has 0 aliphatic rings. The number of hydrogen-bond donors (Lipinski definition) is 1. The maximum absolute atomic E-state index is 13.1. The Kier molecular flexibility index (Phi) is 4.93. The number of amides is 1. The van der Waals surface area contributed by atoms with Gasteiger partial charge in [-0.1, -0.05) is 29.8 Å². The molecule has 1 amide bonds. The monoisotopic (exact) mass is 303 g/mol. The number of carbonyl (C=O) groups is 1. The highest BCUT2D eigenvalue weighted by Crippen LogP contribution is 2.22. The number of ether oxygens (including phenoxy) is 1. The molecule has 1 unspecified atom stereocenters. The molecule has 1 aromatic rings. The van der Waals surface area contributed by atoms with Gasteiger partial charge in [-0.3, -0.25) is 4.79 Å². The normalized spacial score (nSPS) is 12.4. The summed E-state index contributed by atoms with van der Waals surface area (Å²) >= 11 is 3.30. The Labute approximate surface area is 108 Å². The minimum atomic E-state index is -0.454. The van der Waals surface area contributed by atoms with Crippen LogP contribution in [0, 0.1) is 11.7 Å². The van der Waals surface area contributed by atoms with Gasteiger partial charge in [0, 0.05) is 11.8 Å². The van der Waals surface area contributed by atoms with Gasteiger partial charge in [0.25, 0.3) is 0 Å². The average molecular weight is 304 g/mol. The fraction of sp³-hybridized carbons (Fsp3) is 0.417. The van der Waals surface area contributed by atoms with Crippen LogP contribution in [0.25, 0.3) is 0 Å². The van der Waals surface area contributed by atoms with Gasteiger partial charge in [0.15, 0.2) is 11.6 Å². The van der Waals surface area contributed by atoms with E-state index in [9.17, 15) is 9.18 Å². The van der Waals surface area contributed by atoms with Crippen LogP contribution in [0.5, 0.6) is 5.75 Å². The molecule has 1 rings (SSSR count). The Morgan fingerprint density at radius 3 is 2.65 bits per heavy atom. The van der Waals surface area contributed by atoms with Gasteiger partial charge >= 0.3 is 0 Å². The molecule has 94 valence electrons. The Bertz CT molecular complexity index is 409. The molecular weight excluding hydrogens is 289 g/mol. The molecule has 5 heteroatoms. The van der Waals surface area contributed by atoms with E-state index in [1.165, 1.54) is 25.3 Å². The zero-order chi connectivity index (χ0) is 13.0. The Balaban J connectivity index is 2.78. The van der Waals surface area contributed by atoms with E-state index in [1.807, 2.05) is 13.8 Å². The maximum Gasteiger partial charge on any atom is 0.238 e. The highest BCUT2D eigenvalue weighted by Gasteiger charge is 2.18. The fourth-order valence-corrected chi connectivity index (χ4v) is 1.37. The minimum absolute atomic E-state index is 0.110. The number of nitrogens with one attached hydrogen (secondary N) is 1. The molecule has 1 N–H and O–H groups in total. The van der Waals surface area contributed by atoms with Crippen molar-refractivity contribution in [3.05, 3.63) is 24.0 Å². The lowest BCUT2D eigenvalue weighted by molar-refractivity contribution is -0.116. The molecule has 0 aliphatic heterocycles. The molecule has 0 saturated carbocycles. The van der Waals surface area contributed by atoms with E-state index < -0.39 is 5.82 Å². The molecule has 1 aromatic carbocycles. The first-order valence-electron chi connectivity index (χ1n) is 5.24. The molecule has 1 atom stereocenters. The van der Waals surface area contributed by atoms with Gasteiger partial charge in [0.1, 0.15) is 0 Å². The third kappa shape index (κ3) is 3.70. The molecule has 0 spiro atoms. The first kappa shape index (κ1) is 14.0. The third-order valence-corrected chi connectivity index (χ3v) is 3.73. The summed E-state index contributed by atoms with van der Waals surface area (Å²) < 4.78 is 18.0. The summed E-state index contributed by atoms with van der Waals surface area (Å²) in [4.78, 5) is 11.5. The molecule has 0 aromatic heterocycles. The van der Waals surface area contributed by atoms with Crippen molar-refractivity contribution in [3.8, 4) is 5.75 Å². The van der Waals surface area contributed by atoms with Crippen molar-refractivity contribution in [2.75, 3.05) is 12.4 Å². The molecule has 0 aliphatic carbocycles. The van der Waals surface area contributed by atoms with E-state index in [0.29, 0.717) is 5.69 Å². The largest absolute Gasteiger partial charge is 0.494 e. The van der Waals surface area contributed by atoms with Gasteiger partial charge in [-0.2, -0.15) is 0 Å². The van der Waals surface area contributed by atoms with Gasteiger partial charge in [0.2, 0.25) is 5.91 Å². The summed E-state index contributed by atoms with van der Waals surface area (Å²) in [5, 5.41) is 2.69. The van der Waals surface area contributed by atoms with Crippen LogP contribution >= 0.6 is 15.9 Å². The van der Waals surface area contributed by atoms with Gasteiger partial charge in [-0.15, -0.1) is 0 Å². The van der Waals surface area contributed by atoms with E-state index in [2.05, 4.69) is 21.2 Å². The molecule has 0 radical (unpaired) electrons. The average Bonchev–Trinajstić information content (AvgIpc) is 2.30. The summed E-state index contributed by atoms with van der Waals surface area (Å²) in [6, 6.07) is 4.20. The minimum Gasteiger partial charge on any atom is -0.494 e. The summed E-state index contributed by atoms with van der Waals surface area (Å²) in [5.74, 6) is -0.325. The number of rotatable bonds is 4. The van der Waals surface area contributed by atoms with E-state index in [0.717, 1.165) is 0 Å². The molecule has 0 fully saturated rings.